The minimum Gasteiger partial charge on any atom is -0.483 e. The van der Waals surface area contributed by atoms with Crippen LogP contribution in [0.1, 0.15) is 17.3 Å². The van der Waals surface area contributed by atoms with Gasteiger partial charge in [-0.25, -0.2) is 0 Å². The summed E-state index contributed by atoms with van der Waals surface area (Å²) in [4.78, 5) is 24.8. The van der Waals surface area contributed by atoms with Gasteiger partial charge in [0, 0.05) is 12.7 Å². The SMILES string of the molecule is COC(C(=O)c1ccccc1)C(=O)C(C)Oc1ccccc1. The van der Waals surface area contributed by atoms with E-state index in [-0.39, 0.29) is 5.78 Å². The quantitative estimate of drug-likeness (QED) is 0.582. The fourth-order valence-corrected chi connectivity index (χ4v) is 2.08. The molecule has 2 unspecified atom stereocenters. The van der Waals surface area contributed by atoms with Gasteiger partial charge < -0.3 is 9.47 Å². The maximum atomic E-state index is 12.4. The predicted octanol–water partition coefficient (Wildman–Crippen LogP) is 2.92. The zero-order valence-corrected chi connectivity index (χ0v) is 12.6. The van der Waals surface area contributed by atoms with Crippen molar-refractivity contribution in [2.24, 2.45) is 0 Å². The van der Waals surface area contributed by atoms with Gasteiger partial charge in [-0.15, -0.1) is 0 Å². The van der Waals surface area contributed by atoms with Crippen LogP contribution in [-0.4, -0.2) is 30.9 Å². The van der Waals surface area contributed by atoms with Crippen LogP contribution in [0.25, 0.3) is 0 Å². The summed E-state index contributed by atoms with van der Waals surface area (Å²) in [6, 6.07) is 17.6. The lowest BCUT2D eigenvalue weighted by molar-refractivity contribution is -0.132. The van der Waals surface area contributed by atoms with Crippen LogP contribution in [0.3, 0.4) is 0 Å². The molecule has 0 aliphatic heterocycles. The number of methoxy groups -OCH3 is 1. The van der Waals surface area contributed by atoms with Crippen molar-refractivity contribution in [1.29, 1.82) is 0 Å². The second kappa shape index (κ2) is 7.52. The zero-order chi connectivity index (χ0) is 15.9. The van der Waals surface area contributed by atoms with Crippen LogP contribution in [0.5, 0.6) is 5.75 Å². The van der Waals surface area contributed by atoms with Gasteiger partial charge in [-0.1, -0.05) is 48.5 Å². The third kappa shape index (κ3) is 3.80. The Labute approximate surface area is 129 Å². The first kappa shape index (κ1) is 15.9. The molecule has 0 amide bonds. The van der Waals surface area contributed by atoms with E-state index in [1.165, 1.54) is 7.11 Å². The molecule has 114 valence electrons. The number of carbonyl (C=O) groups is 2. The van der Waals surface area contributed by atoms with Gasteiger partial charge in [0.25, 0.3) is 0 Å². The molecular weight excluding hydrogens is 280 g/mol. The largest absolute Gasteiger partial charge is 0.483 e. The van der Waals surface area contributed by atoms with E-state index in [9.17, 15) is 9.59 Å². The minimum absolute atomic E-state index is 0.364. The van der Waals surface area contributed by atoms with Gasteiger partial charge >= 0.3 is 0 Å². The lowest BCUT2D eigenvalue weighted by Gasteiger charge is -2.19. The van der Waals surface area contributed by atoms with E-state index in [0.29, 0.717) is 11.3 Å². The average Bonchev–Trinajstić information content (AvgIpc) is 2.57. The van der Waals surface area contributed by atoms with E-state index in [1.54, 1.807) is 43.3 Å². The second-order valence-electron chi connectivity index (χ2n) is 4.82. The fourth-order valence-electron chi connectivity index (χ4n) is 2.08. The van der Waals surface area contributed by atoms with Gasteiger partial charge in [-0.2, -0.15) is 0 Å². The highest BCUT2D eigenvalue weighted by atomic mass is 16.5. The van der Waals surface area contributed by atoms with Crippen LogP contribution in [0.15, 0.2) is 60.7 Å². The Morgan fingerprint density at radius 2 is 1.45 bits per heavy atom. The molecule has 0 aromatic heterocycles. The van der Waals surface area contributed by atoms with E-state index in [0.717, 1.165) is 0 Å². The Morgan fingerprint density at radius 3 is 2.00 bits per heavy atom. The van der Waals surface area contributed by atoms with Crippen LogP contribution in [-0.2, 0) is 9.53 Å². The molecule has 0 N–H and O–H groups in total. The number of rotatable bonds is 7. The number of hydrogen-bond donors (Lipinski definition) is 0. The molecule has 2 aromatic carbocycles. The van der Waals surface area contributed by atoms with E-state index >= 15 is 0 Å². The molecule has 2 rings (SSSR count). The maximum absolute atomic E-state index is 12.4. The molecule has 0 spiro atoms. The Kier molecular flexibility index (Phi) is 5.44. The normalized spacial score (nSPS) is 13.2. The van der Waals surface area contributed by atoms with Gasteiger partial charge in [-0.3, -0.25) is 9.59 Å². The van der Waals surface area contributed by atoms with Crippen molar-refractivity contribution >= 4 is 11.6 Å². The highest BCUT2D eigenvalue weighted by Gasteiger charge is 2.32. The monoisotopic (exact) mass is 298 g/mol. The van der Waals surface area contributed by atoms with Crippen molar-refractivity contribution in [3.8, 4) is 5.75 Å². The molecule has 0 fully saturated rings. The van der Waals surface area contributed by atoms with E-state index in [1.807, 2.05) is 24.3 Å². The molecule has 2 atom stereocenters. The Hall–Kier alpha value is -2.46. The number of carbonyl (C=O) groups excluding carboxylic acids is 2. The standard InChI is InChI=1S/C18H18O4/c1-13(22-15-11-7-4-8-12-15)16(19)18(21-2)17(20)14-9-5-3-6-10-14/h3-13,18H,1-2H3. The molecule has 0 saturated heterocycles. The summed E-state index contributed by atoms with van der Waals surface area (Å²) in [6.07, 6.45) is -1.94. The van der Waals surface area contributed by atoms with E-state index in [4.69, 9.17) is 9.47 Å². The van der Waals surface area contributed by atoms with Crippen LogP contribution in [0.2, 0.25) is 0 Å². The molecule has 4 heteroatoms. The third-order valence-electron chi connectivity index (χ3n) is 3.25. The highest BCUT2D eigenvalue weighted by molar-refractivity contribution is 6.14. The summed E-state index contributed by atoms with van der Waals surface area (Å²) >= 11 is 0. The summed E-state index contributed by atoms with van der Waals surface area (Å²) in [6.45, 7) is 1.61. The smallest absolute Gasteiger partial charge is 0.209 e. The van der Waals surface area contributed by atoms with Gasteiger partial charge in [0.2, 0.25) is 5.78 Å². The summed E-state index contributed by atoms with van der Waals surface area (Å²) in [5.41, 5.74) is 0.439. The van der Waals surface area contributed by atoms with E-state index in [2.05, 4.69) is 0 Å². The van der Waals surface area contributed by atoms with Crippen molar-refractivity contribution in [2.75, 3.05) is 7.11 Å². The Morgan fingerprint density at radius 1 is 0.909 bits per heavy atom. The summed E-state index contributed by atoms with van der Waals surface area (Å²) in [7, 11) is 1.35. The van der Waals surface area contributed by atoms with E-state index < -0.39 is 18.0 Å². The van der Waals surface area contributed by atoms with Crippen molar-refractivity contribution in [3.05, 3.63) is 66.2 Å². The zero-order valence-electron chi connectivity index (χ0n) is 12.6. The number of hydrogen-bond acceptors (Lipinski definition) is 4. The maximum Gasteiger partial charge on any atom is 0.209 e. The molecule has 4 nitrogen and oxygen atoms in total. The topological polar surface area (TPSA) is 52.6 Å². The van der Waals surface area contributed by atoms with Crippen molar-refractivity contribution < 1.29 is 19.1 Å². The number of benzene rings is 2. The first-order valence-corrected chi connectivity index (χ1v) is 7.01. The molecule has 0 bridgehead atoms. The first-order valence-electron chi connectivity index (χ1n) is 7.01. The molecule has 0 aliphatic carbocycles. The number of para-hydroxylation sites is 1. The van der Waals surface area contributed by atoms with Crippen LogP contribution in [0.4, 0.5) is 0 Å². The number of ether oxygens (including phenoxy) is 2. The lowest BCUT2D eigenvalue weighted by atomic mass is 10.0. The van der Waals surface area contributed by atoms with Crippen LogP contribution >= 0.6 is 0 Å². The molecule has 0 heterocycles. The summed E-state index contributed by atoms with van der Waals surface area (Å²) in [5, 5.41) is 0. The van der Waals surface area contributed by atoms with Crippen molar-refractivity contribution in [1.82, 2.24) is 0 Å². The Bertz CT molecular complexity index is 622. The van der Waals surface area contributed by atoms with Crippen molar-refractivity contribution in [2.45, 2.75) is 19.1 Å². The Balaban J connectivity index is 2.10. The lowest BCUT2D eigenvalue weighted by Crippen LogP contribution is -2.40. The number of Topliss-reactive ketones (excluding diaryl/α,β-unsaturated/α-hetero) is 2. The second-order valence-corrected chi connectivity index (χ2v) is 4.82. The molecule has 22 heavy (non-hydrogen) atoms. The van der Waals surface area contributed by atoms with Crippen molar-refractivity contribution in [3.63, 3.8) is 0 Å². The van der Waals surface area contributed by atoms with Crippen LogP contribution in [0, 0.1) is 0 Å². The molecule has 0 radical (unpaired) electrons. The summed E-state index contributed by atoms with van der Waals surface area (Å²) < 4.78 is 10.7. The van der Waals surface area contributed by atoms with Gasteiger partial charge in [0.05, 0.1) is 0 Å². The molecular formula is C18H18O4. The van der Waals surface area contributed by atoms with Crippen LogP contribution < -0.4 is 4.74 Å². The highest BCUT2D eigenvalue weighted by Crippen LogP contribution is 2.14. The minimum atomic E-state index is -1.17. The number of ketones is 2. The third-order valence-corrected chi connectivity index (χ3v) is 3.25. The molecule has 2 aromatic rings. The average molecular weight is 298 g/mol. The summed E-state index contributed by atoms with van der Waals surface area (Å²) in [5.74, 6) is -0.192. The van der Waals surface area contributed by atoms with Gasteiger partial charge in [0.15, 0.2) is 18.0 Å². The molecule has 0 aliphatic rings. The van der Waals surface area contributed by atoms with Gasteiger partial charge in [-0.05, 0) is 19.1 Å². The van der Waals surface area contributed by atoms with Gasteiger partial charge in [0.1, 0.15) is 5.75 Å². The predicted molar refractivity (Wildman–Crippen MR) is 83.1 cm³/mol. The first-order chi connectivity index (χ1) is 10.6. The fraction of sp³-hybridized carbons (Fsp3) is 0.222. The molecule has 0 saturated carbocycles.